The van der Waals surface area contributed by atoms with Crippen molar-refractivity contribution in [2.45, 2.75) is 19.4 Å². The minimum atomic E-state index is -1.18. The molecule has 0 aliphatic carbocycles. The fraction of sp³-hybridized carbons (Fsp3) is 0.300. The van der Waals surface area contributed by atoms with Crippen LogP contribution in [0.2, 0.25) is 0 Å². The van der Waals surface area contributed by atoms with Crippen LogP contribution < -0.4 is 4.74 Å². The summed E-state index contributed by atoms with van der Waals surface area (Å²) in [5.74, 6) is -3.08. The summed E-state index contributed by atoms with van der Waals surface area (Å²) in [6, 6.07) is 2.72. The Labute approximate surface area is 85.3 Å². The Morgan fingerprint density at radius 3 is 2.67 bits per heavy atom. The van der Waals surface area contributed by atoms with E-state index < -0.39 is 23.7 Å². The fourth-order valence-electron chi connectivity index (χ4n) is 1.03. The molecule has 0 saturated carbocycles. The molecule has 1 aromatic rings. The number of hydrogen-bond donors (Lipinski definition) is 1. The summed E-state index contributed by atoms with van der Waals surface area (Å²) in [6.45, 7) is 1.60. The highest BCUT2D eigenvalue weighted by Gasteiger charge is 2.18. The Morgan fingerprint density at radius 1 is 1.53 bits per heavy atom. The Balaban J connectivity index is 2.84. The highest BCUT2D eigenvalue weighted by atomic mass is 19.1. The van der Waals surface area contributed by atoms with Crippen LogP contribution in [-0.2, 0) is 4.79 Å². The second-order valence-electron chi connectivity index (χ2n) is 2.93. The fourth-order valence-corrected chi connectivity index (χ4v) is 1.03. The first-order chi connectivity index (χ1) is 7.04. The van der Waals surface area contributed by atoms with Gasteiger partial charge in [0.15, 0.2) is 17.7 Å². The van der Waals surface area contributed by atoms with Gasteiger partial charge in [0, 0.05) is 6.07 Å². The third kappa shape index (κ3) is 2.90. The van der Waals surface area contributed by atoms with Crippen LogP contribution in [0.1, 0.15) is 13.3 Å². The van der Waals surface area contributed by atoms with Crippen LogP contribution >= 0.6 is 0 Å². The molecule has 1 N–H and O–H groups in total. The largest absolute Gasteiger partial charge is 0.479 e. The van der Waals surface area contributed by atoms with Crippen molar-refractivity contribution in [3.8, 4) is 5.75 Å². The summed E-state index contributed by atoms with van der Waals surface area (Å²) >= 11 is 0. The maximum Gasteiger partial charge on any atom is 0.344 e. The highest BCUT2D eigenvalue weighted by molar-refractivity contribution is 5.72. The summed E-state index contributed by atoms with van der Waals surface area (Å²) in [5.41, 5.74) is 0. The van der Waals surface area contributed by atoms with E-state index in [-0.39, 0.29) is 12.2 Å². The Hall–Kier alpha value is -1.65. The summed E-state index contributed by atoms with van der Waals surface area (Å²) in [7, 11) is 0. The van der Waals surface area contributed by atoms with Gasteiger partial charge in [-0.15, -0.1) is 0 Å². The summed E-state index contributed by atoms with van der Waals surface area (Å²) in [6.07, 6.45) is -0.920. The lowest BCUT2D eigenvalue weighted by atomic mass is 10.2. The van der Waals surface area contributed by atoms with Gasteiger partial charge in [-0.1, -0.05) is 6.92 Å². The molecule has 1 unspecified atom stereocenters. The van der Waals surface area contributed by atoms with Gasteiger partial charge in [-0.05, 0) is 18.6 Å². The maximum atomic E-state index is 13.1. The Kier molecular flexibility index (Phi) is 3.60. The van der Waals surface area contributed by atoms with Crippen LogP contribution in [0.25, 0.3) is 0 Å². The van der Waals surface area contributed by atoms with E-state index in [1.807, 2.05) is 0 Å². The molecular weight excluding hydrogens is 206 g/mol. The van der Waals surface area contributed by atoms with E-state index in [0.717, 1.165) is 12.1 Å². The molecule has 0 aromatic heterocycles. The lowest BCUT2D eigenvalue weighted by molar-refractivity contribution is -0.145. The number of ether oxygens (including phenoxy) is 1. The van der Waals surface area contributed by atoms with Gasteiger partial charge in [0.05, 0.1) is 0 Å². The van der Waals surface area contributed by atoms with E-state index in [9.17, 15) is 13.6 Å². The van der Waals surface area contributed by atoms with E-state index >= 15 is 0 Å². The van der Waals surface area contributed by atoms with Gasteiger partial charge in [-0.25, -0.2) is 13.6 Å². The van der Waals surface area contributed by atoms with Crippen LogP contribution in [0.5, 0.6) is 5.75 Å². The van der Waals surface area contributed by atoms with Gasteiger partial charge in [-0.2, -0.15) is 0 Å². The number of rotatable bonds is 4. The number of carboxylic acids is 1. The monoisotopic (exact) mass is 216 g/mol. The zero-order valence-corrected chi connectivity index (χ0v) is 8.04. The molecular formula is C10H10F2O3. The number of halogens is 2. The molecule has 1 aromatic carbocycles. The average molecular weight is 216 g/mol. The van der Waals surface area contributed by atoms with Crippen molar-refractivity contribution < 1.29 is 23.4 Å². The van der Waals surface area contributed by atoms with Gasteiger partial charge >= 0.3 is 5.97 Å². The number of carbonyl (C=O) groups is 1. The van der Waals surface area contributed by atoms with Gasteiger partial charge in [0.2, 0.25) is 0 Å². The van der Waals surface area contributed by atoms with Crippen LogP contribution in [0.3, 0.4) is 0 Å². The molecule has 0 saturated heterocycles. The molecule has 5 heteroatoms. The minimum absolute atomic E-state index is 0.201. The number of hydrogen-bond acceptors (Lipinski definition) is 2. The van der Waals surface area contributed by atoms with Gasteiger partial charge < -0.3 is 9.84 Å². The smallest absolute Gasteiger partial charge is 0.344 e. The summed E-state index contributed by atoms with van der Waals surface area (Å²) in [4.78, 5) is 10.6. The van der Waals surface area contributed by atoms with Crippen molar-refractivity contribution in [2.24, 2.45) is 0 Å². The SMILES string of the molecule is CCC(Oc1ccc(F)cc1F)C(=O)O. The lowest BCUT2D eigenvalue weighted by Crippen LogP contribution is -2.26. The van der Waals surface area contributed by atoms with Gasteiger partial charge in [0.25, 0.3) is 0 Å². The predicted molar refractivity (Wildman–Crippen MR) is 48.7 cm³/mol. The summed E-state index contributed by atoms with van der Waals surface area (Å²) < 4.78 is 30.4. The van der Waals surface area contributed by atoms with E-state index in [1.165, 1.54) is 0 Å². The molecule has 0 radical (unpaired) electrons. The predicted octanol–water partition coefficient (Wildman–Crippen LogP) is 2.21. The van der Waals surface area contributed by atoms with E-state index in [0.29, 0.717) is 6.07 Å². The van der Waals surface area contributed by atoms with Crippen molar-refractivity contribution in [3.05, 3.63) is 29.8 Å². The molecule has 0 fully saturated rings. The molecule has 0 aliphatic rings. The molecule has 0 spiro atoms. The van der Waals surface area contributed by atoms with Crippen molar-refractivity contribution in [2.75, 3.05) is 0 Å². The van der Waals surface area contributed by atoms with Crippen molar-refractivity contribution in [3.63, 3.8) is 0 Å². The first-order valence-electron chi connectivity index (χ1n) is 4.39. The Morgan fingerprint density at radius 2 is 2.20 bits per heavy atom. The topological polar surface area (TPSA) is 46.5 Å². The molecule has 15 heavy (non-hydrogen) atoms. The molecule has 1 atom stereocenters. The highest BCUT2D eigenvalue weighted by Crippen LogP contribution is 2.19. The normalized spacial score (nSPS) is 12.2. The molecule has 0 aliphatic heterocycles. The maximum absolute atomic E-state index is 13.1. The van der Waals surface area contributed by atoms with Gasteiger partial charge in [-0.3, -0.25) is 0 Å². The number of carboxylic acid groups (broad SMARTS) is 1. The second-order valence-corrected chi connectivity index (χ2v) is 2.93. The molecule has 3 nitrogen and oxygen atoms in total. The van der Waals surface area contributed by atoms with Crippen molar-refractivity contribution in [1.82, 2.24) is 0 Å². The van der Waals surface area contributed by atoms with E-state index in [2.05, 4.69) is 0 Å². The second kappa shape index (κ2) is 4.72. The first-order valence-corrected chi connectivity index (χ1v) is 4.39. The van der Waals surface area contributed by atoms with Crippen LogP contribution in [-0.4, -0.2) is 17.2 Å². The summed E-state index contributed by atoms with van der Waals surface area (Å²) in [5, 5.41) is 8.66. The van der Waals surface area contributed by atoms with Crippen LogP contribution in [0.4, 0.5) is 8.78 Å². The average Bonchev–Trinajstić information content (AvgIpc) is 2.16. The van der Waals surface area contributed by atoms with Gasteiger partial charge in [0.1, 0.15) is 5.82 Å². The quantitative estimate of drug-likeness (QED) is 0.839. The minimum Gasteiger partial charge on any atom is -0.479 e. The zero-order chi connectivity index (χ0) is 11.4. The zero-order valence-electron chi connectivity index (χ0n) is 8.04. The standard InChI is InChI=1S/C10H10F2O3/c1-2-8(10(13)14)15-9-4-3-6(11)5-7(9)12/h3-5,8H,2H2,1H3,(H,13,14). The first kappa shape index (κ1) is 11.4. The molecule has 0 amide bonds. The molecule has 82 valence electrons. The van der Waals surface area contributed by atoms with Crippen molar-refractivity contribution >= 4 is 5.97 Å². The van der Waals surface area contributed by atoms with E-state index in [1.54, 1.807) is 6.92 Å². The van der Waals surface area contributed by atoms with Crippen molar-refractivity contribution in [1.29, 1.82) is 0 Å². The molecule has 1 rings (SSSR count). The third-order valence-electron chi connectivity index (χ3n) is 1.81. The number of benzene rings is 1. The Bertz CT molecular complexity index is 366. The lowest BCUT2D eigenvalue weighted by Gasteiger charge is -2.13. The van der Waals surface area contributed by atoms with Crippen LogP contribution in [0.15, 0.2) is 18.2 Å². The molecule has 0 heterocycles. The molecule has 0 bridgehead atoms. The third-order valence-corrected chi connectivity index (χ3v) is 1.81. The number of aliphatic carboxylic acids is 1. The van der Waals surface area contributed by atoms with E-state index in [4.69, 9.17) is 9.84 Å². The van der Waals surface area contributed by atoms with Crippen LogP contribution in [0, 0.1) is 11.6 Å².